The number of benzene rings is 1. The van der Waals surface area contributed by atoms with Crippen molar-refractivity contribution in [2.75, 3.05) is 0 Å². The monoisotopic (exact) mass is 332 g/mol. The molecule has 1 heterocycles. The van der Waals surface area contributed by atoms with E-state index in [1.807, 2.05) is 0 Å². The lowest BCUT2D eigenvalue weighted by molar-refractivity contribution is 0.00578. The largest absolute Gasteiger partial charge is 0.495 e. The second kappa shape index (κ2) is 5.00. The fourth-order valence-corrected chi connectivity index (χ4v) is 4.55. The third-order valence-electron chi connectivity index (χ3n) is 6.58. The molecule has 3 aliphatic rings. The van der Waals surface area contributed by atoms with Crippen molar-refractivity contribution < 1.29 is 9.31 Å². The lowest BCUT2D eigenvalue weighted by Crippen LogP contribution is -2.41. The molecule has 3 fully saturated rings. The van der Waals surface area contributed by atoms with Crippen molar-refractivity contribution in [1.82, 2.24) is 0 Å². The molecule has 2 unspecified atom stereocenters. The highest BCUT2D eigenvalue weighted by Crippen LogP contribution is 2.58. The van der Waals surface area contributed by atoms with Crippen LogP contribution in [0.15, 0.2) is 12.1 Å². The minimum Gasteiger partial charge on any atom is -0.399 e. The van der Waals surface area contributed by atoms with Gasteiger partial charge in [-0.05, 0) is 88.7 Å². The molecule has 2 aliphatic carbocycles. The molecule has 0 bridgehead atoms. The van der Waals surface area contributed by atoms with Crippen molar-refractivity contribution in [3.05, 3.63) is 28.3 Å². The average molecular weight is 333 g/mol. The summed E-state index contributed by atoms with van der Waals surface area (Å²) in [7, 11) is -0.330. The molecule has 2 nitrogen and oxygen atoms in total. The molecule has 0 N–H and O–H groups in total. The summed E-state index contributed by atoms with van der Waals surface area (Å²) in [6, 6.07) is 4.36. The van der Waals surface area contributed by atoms with Crippen LogP contribution >= 0.6 is 11.6 Å². The smallest absolute Gasteiger partial charge is 0.399 e. The van der Waals surface area contributed by atoms with E-state index in [0.717, 1.165) is 22.3 Å². The highest BCUT2D eigenvalue weighted by Gasteiger charge is 2.52. The first kappa shape index (κ1) is 16.0. The van der Waals surface area contributed by atoms with Crippen LogP contribution in [0.5, 0.6) is 0 Å². The summed E-state index contributed by atoms with van der Waals surface area (Å²) in [5, 5.41) is 0.881. The van der Waals surface area contributed by atoms with Gasteiger partial charge in [0.2, 0.25) is 0 Å². The lowest BCUT2D eigenvalue weighted by Gasteiger charge is -2.32. The maximum atomic E-state index is 6.65. The van der Waals surface area contributed by atoms with Crippen LogP contribution in [0.4, 0.5) is 0 Å². The minimum atomic E-state index is -0.330. The highest BCUT2D eigenvalue weighted by molar-refractivity contribution is 6.63. The highest BCUT2D eigenvalue weighted by atomic mass is 35.5. The van der Waals surface area contributed by atoms with E-state index in [0.29, 0.717) is 5.92 Å². The third-order valence-corrected chi connectivity index (χ3v) is 6.90. The Labute approximate surface area is 145 Å². The lowest BCUT2D eigenvalue weighted by atomic mass is 9.75. The fourth-order valence-electron chi connectivity index (χ4n) is 4.22. The second-order valence-corrected chi connectivity index (χ2v) is 9.15. The molecule has 1 aliphatic heterocycles. The summed E-state index contributed by atoms with van der Waals surface area (Å²) in [6.07, 6.45) is 4.08. The average Bonchev–Trinajstić information content (AvgIpc) is 2.97. The number of rotatable bonds is 2. The molecule has 0 amide bonds. The zero-order chi connectivity index (χ0) is 16.6. The van der Waals surface area contributed by atoms with Gasteiger partial charge in [0, 0.05) is 5.02 Å². The number of aryl methyl sites for hydroxylation is 1. The van der Waals surface area contributed by atoms with Gasteiger partial charge < -0.3 is 9.31 Å². The first-order valence-corrected chi connectivity index (χ1v) is 9.21. The van der Waals surface area contributed by atoms with Gasteiger partial charge in [-0.3, -0.25) is 0 Å². The van der Waals surface area contributed by atoms with Crippen LogP contribution in [0.1, 0.15) is 64.0 Å². The van der Waals surface area contributed by atoms with Gasteiger partial charge in [0.15, 0.2) is 0 Å². The molecule has 1 saturated heterocycles. The molecular formula is C19H26BClO2. The van der Waals surface area contributed by atoms with Gasteiger partial charge in [0.1, 0.15) is 0 Å². The van der Waals surface area contributed by atoms with E-state index in [-0.39, 0.29) is 18.3 Å². The first-order chi connectivity index (χ1) is 10.7. The van der Waals surface area contributed by atoms with Crippen LogP contribution < -0.4 is 5.46 Å². The minimum absolute atomic E-state index is 0.317. The summed E-state index contributed by atoms with van der Waals surface area (Å²) >= 11 is 6.65. The van der Waals surface area contributed by atoms with Crippen LogP contribution in [0.2, 0.25) is 5.02 Å². The van der Waals surface area contributed by atoms with Crippen molar-refractivity contribution in [2.24, 2.45) is 11.8 Å². The molecule has 23 heavy (non-hydrogen) atoms. The fraction of sp³-hybridized carbons (Fsp3) is 0.684. The van der Waals surface area contributed by atoms with E-state index in [4.69, 9.17) is 20.9 Å². The molecule has 2 saturated carbocycles. The summed E-state index contributed by atoms with van der Waals surface area (Å²) < 4.78 is 12.4. The maximum absolute atomic E-state index is 6.65. The molecule has 0 aromatic heterocycles. The summed E-state index contributed by atoms with van der Waals surface area (Å²) in [4.78, 5) is 0. The van der Waals surface area contributed by atoms with Crippen LogP contribution in [0, 0.1) is 18.8 Å². The Morgan fingerprint density at radius 3 is 2.13 bits per heavy atom. The Morgan fingerprint density at radius 1 is 1.00 bits per heavy atom. The predicted octanol–water partition coefficient (Wildman–Crippen LogP) is 4.46. The van der Waals surface area contributed by atoms with E-state index >= 15 is 0 Å². The van der Waals surface area contributed by atoms with Crippen LogP contribution in [0.25, 0.3) is 0 Å². The SMILES string of the molecule is Cc1cc(C2CC3CC3C2)c(Cl)cc1B1OC(C)(C)C(C)(C)O1. The molecule has 124 valence electrons. The topological polar surface area (TPSA) is 18.5 Å². The van der Waals surface area contributed by atoms with E-state index in [1.54, 1.807) is 0 Å². The number of hydrogen-bond acceptors (Lipinski definition) is 2. The second-order valence-electron chi connectivity index (χ2n) is 8.74. The van der Waals surface area contributed by atoms with Gasteiger partial charge in [-0.15, -0.1) is 0 Å². The van der Waals surface area contributed by atoms with Gasteiger partial charge in [-0.1, -0.05) is 23.2 Å². The van der Waals surface area contributed by atoms with Crippen LogP contribution in [0.3, 0.4) is 0 Å². The van der Waals surface area contributed by atoms with Crippen molar-refractivity contribution in [3.8, 4) is 0 Å². The molecule has 2 atom stereocenters. The van der Waals surface area contributed by atoms with E-state index < -0.39 is 0 Å². The normalized spacial score (nSPS) is 33.8. The quantitative estimate of drug-likeness (QED) is 0.744. The Kier molecular flexibility index (Phi) is 3.48. The number of fused-ring (bicyclic) bond motifs is 1. The molecule has 4 heteroatoms. The standard InChI is InChI=1S/C19H26BClO2/c1-11-6-15(14-8-12-7-13(12)9-14)17(21)10-16(11)20-22-18(2,3)19(4,5)23-20/h6,10,12-14H,7-9H2,1-5H3. The Hall–Kier alpha value is -0.505. The van der Waals surface area contributed by atoms with Gasteiger partial charge in [0.05, 0.1) is 11.2 Å². The zero-order valence-electron chi connectivity index (χ0n) is 14.8. The van der Waals surface area contributed by atoms with Gasteiger partial charge in [-0.2, -0.15) is 0 Å². The Morgan fingerprint density at radius 2 is 1.57 bits per heavy atom. The Bertz CT molecular complexity index is 629. The van der Waals surface area contributed by atoms with E-state index in [9.17, 15) is 0 Å². The van der Waals surface area contributed by atoms with Crippen LogP contribution in [-0.4, -0.2) is 18.3 Å². The van der Waals surface area contributed by atoms with Crippen LogP contribution in [-0.2, 0) is 9.31 Å². The van der Waals surface area contributed by atoms with Crippen molar-refractivity contribution in [2.45, 2.75) is 71.0 Å². The van der Waals surface area contributed by atoms with E-state index in [1.165, 1.54) is 30.4 Å². The Balaban J connectivity index is 1.62. The zero-order valence-corrected chi connectivity index (χ0v) is 15.5. The molecule has 0 spiro atoms. The summed E-state index contributed by atoms with van der Waals surface area (Å²) in [5.41, 5.74) is 2.99. The van der Waals surface area contributed by atoms with Gasteiger partial charge >= 0.3 is 7.12 Å². The third kappa shape index (κ3) is 2.56. The first-order valence-electron chi connectivity index (χ1n) is 8.83. The molecular weight excluding hydrogens is 306 g/mol. The number of halogens is 1. The molecule has 0 radical (unpaired) electrons. The predicted molar refractivity (Wildman–Crippen MR) is 95.5 cm³/mol. The number of hydrogen-bond donors (Lipinski definition) is 0. The molecule has 4 rings (SSSR count). The molecule has 1 aromatic rings. The van der Waals surface area contributed by atoms with Crippen molar-refractivity contribution in [3.63, 3.8) is 0 Å². The van der Waals surface area contributed by atoms with Crippen molar-refractivity contribution in [1.29, 1.82) is 0 Å². The van der Waals surface area contributed by atoms with Gasteiger partial charge in [0.25, 0.3) is 0 Å². The van der Waals surface area contributed by atoms with Crippen molar-refractivity contribution >= 4 is 24.2 Å². The van der Waals surface area contributed by atoms with Gasteiger partial charge in [-0.25, -0.2) is 0 Å². The summed E-state index contributed by atoms with van der Waals surface area (Å²) in [5.74, 6) is 2.59. The maximum Gasteiger partial charge on any atom is 0.495 e. The molecule has 1 aromatic carbocycles. The summed E-state index contributed by atoms with van der Waals surface area (Å²) in [6.45, 7) is 10.5. The van der Waals surface area contributed by atoms with E-state index in [2.05, 4.69) is 46.8 Å².